The zero-order chi connectivity index (χ0) is 24.4. The van der Waals surface area contributed by atoms with Crippen LogP contribution in [0.15, 0.2) is 36.4 Å². The zero-order valence-electron chi connectivity index (χ0n) is 16.1. The molecule has 0 saturated heterocycles. The number of nitrogens with one attached hydrogen (secondary N) is 1. The van der Waals surface area contributed by atoms with Crippen LogP contribution in [0.1, 0.15) is 39.9 Å². The van der Waals surface area contributed by atoms with Crippen LogP contribution in [0.2, 0.25) is 15.1 Å². The first-order valence-corrected chi connectivity index (χ1v) is 9.91. The summed E-state index contributed by atoms with van der Waals surface area (Å²) in [5.74, 6) is -3.30. The van der Waals surface area contributed by atoms with Crippen LogP contribution in [-0.4, -0.2) is 18.2 Å². The summed E-state index contributed by atoms with van der Waals surface area (Å²) in [6.45, 7) is 1.36. The normalized spacial score (nSPS) is 14.5. The summed E-state index contributed by atoms with van der Waals surface area (Å²) in [5, 5.41) is 1.59. The number of carbonyl (C=O) groups excluding carboxylic acids is 1. The summed E-state index contributed by atoms with van der Waals surface area (Å²) in [6, 6.07) is 4.46. The van der Waals surface area contributed by atoms with Crippen molar-refractivity contribution >= 4 is 46.8 Å². The molecule has 3 nitrogen and oxygen atoms in total. The summed E-state index contributed by atoms with van der Waals surface area (Å²) < 4.78 is 81.2. The van der Waals surface area contributed by atoms with Crippen molar-refractivity contribution < 1.29 is 31.1 Å². The van der Waals surface area contributed by atoms with E-state index in [2.05, 4.69) is 5.32 Å². The predicted molar refractivity (Wildman–Crippen MR) is 112 cm³/mol. The Labute approximate surface area is 194 Å². The quantitative estimate of drug-likeness (QED) is 0.252. The van der Waals surface area contributed by atoms with Crippen LogP contribution in [0, 0.1) is 0 Å². The van der Waals surface area contributed by atoms with Crippen molar-refractivity contribution in [3.8, 4) is 0 Å². The number of hydrogen-bond donors (Lipinski definition) is 2. The molecule has 174 valence electrons. The second-order valence-corrected chi connectivity index (χ2v) is 7.93. The molecule has 0 bridgehead atoms. The Kier molecular flexibility index (Phi) is 8.15. The van der Waals surface area contributed by atoms with Crippen molar-refractivity contribution in [3.63, 3.8) is 0 Å². The third-order valence-corrected chi connectivity index (χ3v) is 5.35. The number of carbonyl (C=O) groups is 1. The van der Waals surface area contributed by atoms with Gasteiger partial charge < -0.3 is 11.1 Å². The molecule has 0 radical (unpaired) electrons. The molecule has 1 amide bonds. The van der Waals surface area contributed by atoms with E-state index in [4.69, 9.17) is 40.5 Å². The van der Waals surface area contributed by atoms with Crippen LogP contribution in [0.25, 0.3) is 6.08 Å². The Morgan fingerprint density at radius 2 is 1.59 bits per heavy atom. The molecule has 0 aromatic heterocycles. The number of halogens is 9. The van der Waals surface area contributed by atoms with E-state index in [-0.39, 0.29) is 26.2 Å². The standard InChI is InChI=1S/C20H15Cl3F6N2O/c1-9(30)31-18(32)12-4-2-10(6-14(12)20(27,28)29)3-5-13(19(24,25)26)11-7-15(21)17(23)16(22)8-11/h2-9,13H,30H2,1H3,(H,31,32)/b5-3+/t9-,13?/m1/s1. The fraction of sp³-hybridized carbons (Fsp3) is 0.250. The maximum atomic E-state index is 13.6. The van der Waals surface area contributed by atoms with E-state index in [0.29, 0.717) is 12.1 Å². The number of hydrogen-bond acceptors (Lipinski definition) is 2. The molecular weight excluding hydrogens is 505 g/mol. The third kappa shape index (κ3) is 6.54. The van der Waals surface area contributed by atoms with Gasteiger partial charge in [-0.3, -0.25) is 4.79 Å². The molecule has 0 aliphatic rings. The first-order valence-electron chi connectivity index (χ1n) is 8.78. The molecule has 1 unspecified atom stereocenters. The van der Waals surface area contributed by atoms with Crippen LogP contribution >= 0.6 is 34.8 Å². The summed E-state index contributed by atoms with van der Waals surface area (Å²) >= 11 is 17.4. The number of alkyl halides is 6. The van der Waals surface area contributed by atoms with Crippen molar-refractivity contribution in [2.75, 3.05) is 0 Å². The molecule has 2 aromatic rings. The van der Waals surface area contributed by atoms with Crippen LogP contribution in [0.3, 0.4) is 0 Å². The van der Waals surface area contributed by atoms with Gasteiger partial charge in [-0.25, -0.2) is 0 Å². The number of benzene rings is 2. The van der Waals surface area contributed by atoms with Gasteiger partial charge in [0.2, 0.25) is 0 Å². The van der Waals surface area contributed by atoms with E-state index in [0.717, 1.165) is 30.3 Å². The van der Waals surface area contributed by atoms with Crippen LogP contribution in [0.5, 0.6) is 0 Å². The van der Waals surface area contributed by atoms with Crippen molar-refractivity contribution in [2.24, 2.45) is 5.73 Å². The fourth-order valence-electron chi connectivity index (χ4n) is 2.75. The Morgan fingerprint density at radius 1 is 1.03 bits per heavy atom. The van der Waals surface area contributed by atoms with Gasteiger partial charge in [0.1, 0.15) is 0 Å². The molecule has 0 fully saturated rings. The molecule has 2 rings (SSSR count). The highest BCUT2D eigenvalue weighted by Crippen LogP contribution is 2.41. The average Bonchev–Trinajstić information content (AvgIpc) is 2.63. The number of rotatable bonds is 5. The molecule has 12 heteroatoms. The fourth-order valence-corrected chi connectivity index (χ4v) is 3.37. The number of allylic oxidation sites excluding steroid dienone is 1. The van der Waals surface area contributed by atoms with Crippen molar-refractivity contribution in [1.29, 1.82) is 0 Å². The van der Waals surface area contributed by atoms with Gasteiger partial charge in [0.15, 0.2) is 0 Å². The summed E-state index contributed by atoms with van der Waals surface area (Å²) in [4.78, 5) is 12.0. The molecule has 2 atom stereocenters. The predicted octanol–water partition coefficient (Wildman–Crippen LogP) is 7.06. The van der Waals surface area contributed by atoms with Crippen LogP contribution in [0.4, 0.5) is 26.3 Å². The van der Waals surface area contributed by atoms with E-state index < -0.39 is 41.5 Å². The third-order valence-electron chi connectivity index (χ3n) is 4.15. The molecule has 0 heterocycles. The topological polar surface area (TPSA) is 55.1 Å². The summed E-state index contributed by atoms with van der Waals surface area (Å²) in [6.07, 6.45) is -9.13. The SMILES string of the molecule is C[C@H](N)NC(=O)c1ccc(/C=C/C(c2cc(Cl)c(Cl)c(Cl)c2)C(F)(F)F)cc1C(F)(F)F. The lowest BCUT2D eigenvalue weighted by molar-refractivity contribution is -0.139. The monoisotopic (exact) mass is 518 g/mol. The Bertz CT molecular complexity index is 1010. The Hall–Kier alpha value is -1.94. The lowest BCUT2D eigenvalue weighted by Crippen LogP contribution is -2.39. The first-order chi connectivity index (χ1) is 14.6. The number of nitrogens with two attached hydrogens (primary N) is 1. The molecule has 32 heavy (non-hydrogen) atoms. The van der Waals surface area contributed by atoms with E-state index in [1.54, 1.807) is 0 Å². The van der Waals surface area contributed by atoms with Gasteiger partial charge in [0.25, 0.3) is 5.91 Å². The van der Waals surface area contributed by atoms with E-state index in [1.807, 2.05) is 0 Å². The molecule has 0 spiro atoms. The van der Waals surface area contributed by atoms with Gasteiger partial charge >= 0.3 is 12.4 Å². The minimum atomic E-state index is -4.94. The van der Waals surface area contributed by atoms with Gasteiger partial charge in [-0.15, -0.1) is 0 Å². The second-order valence-electron chi connectivity index (χ2n) is 6.74. The first kappa shape index (κ1) is 26.3. The molecular formula is C20H15Cl3F6N2O. The van der Waals surface area contributed by atoms with Crippen molar-refractivity contribution in [2.45, 2.75) is 31.4 Å². The highest BCUT2D eigenvalue weighted by atomic mass is 35.5. The van der Waals surface area contributed by atoms with E-state index in [1.165, 1.54) is 6.92 Å². The maximum Gasteiger partial charge on any atom is 0.417 e. The van der Waals surface area contributed by atoms with Gasteiger partial charge in [-0.1, -0.05) is 53.0 Å². The van der Waals surface area contributed by atoms with Crippen LogP contribution < -0.4 is 11.1 Å². The molecule has 3 N–H and O–H groups in total. The van der Waals surface area contributed by atoms with Gasteiger partial charge in [0.05, 0.1) is 38.3 Å². The minimum absolute atomic E-state index is 0.127. The highest BCUT2D eigenvalue weighted by Gasteiger charge is 2.40. The van der Waals surface area contributed by atoms with E-state index in [9.17, 15) is 31.1 Å². The number of amides is 1. The Morgan fingerprint density at radius 3 is 2.06 bits per heavy atom. The second kappa shape index (κ2) is 9.91. The van der Waals surface area contributed by atoms with Crippen molar-refractivity contribution in [1.82, 2.24) is 5.32 Å². The smallest absolute Gasteiger partial charge is 0.337 e. The van der Waals surface area contributed by atoms with Gasteiger partial charge in [0, 0.05) is 0 Å². The highest BCUT2D eigenvalue weighted by molar-refractivity contribution is 6.48. The molecule has 0 aliphatic heterocycles. The van der Waals surface area contributed by atoms with Crippen molar-refractivity contribution in [3.05, 3.63) is 73.7 Å². The lowest BCUT2D eigenvalue weighted by Gasteiger charge is -2.19. The molecule has 0 saturated carbocycles. The molecule has 0 aliphatic carbocycles. The van der Waals surface area contributed by atoms with Gasteiger partial charge in [-0.05, 0) is 42.3 Å². The lowest BCUT2D eigenvalue weighted by atomic mass is 9.96. The van der Waals surface area contributed by atoms with E-state index >= 15 is 0 Å². The largest absolute Gasteiger partial charge is 0.417 e. The average molecular weight is 520 g/mol. The molecule has 2 aromatic carbocycles. The Balaban J connectivity index is 2.50. The van der Waals surface area contributed by atoms with Crippen LogP contribution in [-0.2, 0) is 6.18 Å². The summed E-state index contributed by atoms with van der Waals surface area (Å²) in [5.41, 5.74) is 2.77. The maximum absolute atomic E-state index is 13.6. The minimum Gasteiger partial charge on any atom is -0.337 e. The van der Waals surface area contributed by atoms with Gasteiger partial charge in [-0.2, -0.15) is 26.3 Å². The summed E-state index contributed by atoms with van der Waals surface area (Å²) in [7, 11) is 0. The zero-order valence-corrected chi connectivity index (χ0v) is 18.4.